The molecule has 0 amide bonds. The SMILES string of the molecule is CC(C)(C)NCC(O)COc1ccccc1C#Cc1ccc(Cl)cc1. The van der Waals surface area contributed by atoms with Crippen LogP contribution in [0.4, 0.5) is 0 Å². The number of benzene rings is 2. The quantitative estimate of drug-likeness (QED) is 0.798. The fourth-order valence-corrected chi connectivity index (χ4v) is 2.16. The van der Waals surface area contributed by atoms with Crippen LogP contribution in [0.5, 0.6) is 5.75 Å². The van der Waals surface area contributed by atoms with Crippen molar-refractivity contribution in [2.75, 3.05) is 13.2 Å². The predicted octanol–water partition coefficient (Wildman–Crippen LogP) is 3.87. The molecule has 0 saturated heterocycles. The molecular formula is C21H24ClNO2. The van der Waals surface area contributed by atoms with Crippen LogP contribution >= 0.6 is 11.6 Å². The summed E-state index contributed by atoms with van der Waals surface area (Å²) in [5, 5.41) is 14.0. The lowest BCUT2D eigenvalue weighted by Crippen LogP contribution is -2.42. The van der Waals surface area contributed by atoms with Crippen molar-refractivity contribution in [3.05, 3.63) is 64.7 Å². The number of para-hydroxylation sites is 1. The zero-order valence-electron chi connectivity index (χ0n) is 14.8. The fourth-order valence-electron chi connectivity index (χ4n) is 2.04. The maximum absolute atomic E-state index is 10.1. The Morgan fingerprint density at radius 2 is 1.76 bits per heavy atom. The van der Waals surface area contributed by atoms with Crippen LogP contribution in [0.2, 0.25) is 5.02 Å². The maximum atomic E-state index is 10.1. The van der Waals surface area contributed by atoms with E-state index in [4.69, 9.17) is 16.3 Å². The first-order valence-electron chi connectivity index (χ1n) is 8.26. The normalized spacial score (nSPS) is 12.2. The number of hydrogen-bond acceptors (Lipinski definition) is 3. The van der Waals surface area contributed by atoms with E-state index in [2.05, 4.69) is 37.9 Å². The molecule has 0 radical (unpaired) electrons. The Balaban J connectivity index is 2.00. The van der Waals surface area contributed by atoms with Crippen molar-refractivity contribution in [1.82, 2.24) is 5.32 Å². The number of halogens is 1. The zero-order chi connectivity index (χ0) is 18.3. The predicted molar refractivity (Wildman–Crippen MR) is 103 cm³/mol. The summed E-state index contributed by atoms with van der Waals surface area (Å²) in [6.07, 6.45) is -0.587. The Morgan fingerprint density at radius 1 is 1.08 bits per heavy atom. The lowest BCUT2D eigenvalue weighted by molar-refractivity contribution is 0.0999. The second-order valence-corrected chi connectivity index (χ2v) is 7.29. The van der Waals surface area contributed by atoms with E-state index in [1.807, 2.05) is 48.5 Å². The molecule has 4 heteroatoms. The van der Waals surface area contributed by atoms with Crippen molar-refractivity contribution in [3.63, 3.8) is 0 Å². The largest absolute Gasteiger partial charge is 0.490 e. The van der Waals surface area contributed by atoms with Gasteiger partial charge in [-0.1, -0.05) is 35.6 Å². The van der Waals surface area contributed by atoms with Crippen LogP contribution < -0.4 is 10.1 Å². The second-order valence-electron chi connectivity index (χ2n) is 6.85. The molecule has 0 saturated carbocycles. The molecule has 132 valence electrons. The molecule has 2 aromatic carbocycles. The smallest absolute Gasteiger partial charge is 0.135 e. The van der Waals surface area contributed by atoms with Crippen LogP contribution in [0, 0.1) is 11.8 Å². The van der Waals surface area contributed by atoms with Crippen LogP contribution in [-0.2, 0) is 0 Å². The summed E-state index contributed by atoms with van der Waals surface area (Å²) in [6.45, 7) is 6.86. The highest BCUT2D eigenvalue weighted by molar-refractivity contribution is 6.30. The van der Waals surface area contributed by atoms with Crippen molar-refractivity contribution in [2.45, 2.75) is 32.4 Å². The first-order chi connectivity index (χ1) is 11.8. The van der Waals surface area contributed by atoms with Crippen LogP contribution in [-0.4, -0.2) is 29.9 Å². The number of aliphatic hydroxyl groups excluding tert-OH is 1. The van der Waals surface area contributed by atoms with Crippen molar-refractivity contribution < 1.29 is 9.84 Å². The van der Waals surface area contributed by atoms with E-state index in [1.54, 1.807) is 0 Å². The zero-order valence-corrected chi connectivity index (χ0v) is 15.6. The highest BCUT2D eigenvalue weighted by Crippen LogP contribution is 2.17. The van der Waals surface area contributed by atoms with E-state index in [-0.39, 0.29) is 12.1 Å². The summed E-state index contributed by atoms with van der Waals surface area (Å²) in [5.74, 6) is 6.88. The van der Waals surface area contributed by atoms with E-state index in [9.17, 15) is 5.11 Å². The molecule has 0 aliphatic carbocycles. The van der Waals surface area contributed by atoms with Gasteiger partial charge in [-0.25, -0.2) is 0 Å². The molecule has 0 spiro atoms. The highest BCUT2D eigenvalue weighted by Gasteiger charge is 2.13. The third-order valence-corrected chi connectivity index (χ3v) is 3.62. The van der Waals surface area contributed by atoms with E-state index in [0.717, 1.165) is 11.1 Å². The van der Waals surface area contributed by atoms with Gasteiger partial charge in [-0.3, -0.25) is 0 Å². The fraction of sp³-hybridized carbons (Fsp3) is 0.333. The Kier molecular flexibility index (Phi) is 6.90. The second kappa shape index (κ2) is 8.92. The molecule has 25 heavy (non-hydrogen) atoms. The Hall–Kier alpha value is -1.99. The number of aliphatic hydroxyl groups is 1. The highest BCUT2D eigenvalue weighted by atomic mass is 35.5. The van der Waals surface area contributed by atoms with Crippen LogP contribution in [0.1, 0.15) is 31.9 Å². The van der Waals surface area contributed by atoms with Crippen LogP contribution in [0.15, 0.2) is 48.5 Å². The molecule has 0 aliphatic heterocycles. The summed E-state index contributed by atoms with van der Waals surface area (Å²) >= 11 is 5.88. The Morgan fingerprint density at radius 3 is 2.44 bits per heavy atom. The Labute approximate surface area is 155 Å². The van der Waals surface area contributed by atoms with Gasteiger partial charge in [0, 0.05) is 22.7 Å². The minimum atomic E-state index is -0.587. The molecule has 2 rings (SSSR count). The average molecular weight is 358 g/mol. The van der Waals surface area contributed by atoms with E-state index in [0.29, 0.717) is 17.3 Å². The summed E-state index contributed by atoms with van der Waals surface area (Å²) < 4.78 is 5.76. The lowest BCUT2D eigenvalue weighted by atomic mass is 10.1. The van der Waals surface area contributed by atoms with Gasteiger partial charge in [-0.2, -0.15) is 0 Å². The Bertz CT molecular complexity index is 739. The number of ether oxygens (including phenoxy) is 1. The van der Waals surface area contributed by atoms with Crippen LogP contribution in [0.25, 0.3) is 0 Å². The number of hydrogen-bond donors (Lipinski definition) is 2. The molecule has 0 fully saturated rings. The molecule has 3 nitrogen and oxygen atoms in total. The maximum Gasteiger partial charge on any atom is 0.135 e. The third-order valence-electron chi connectivity index (χ3n) is 3.37. The number of rotatable bonds is 5. The first kappa shape index (κ1) is 19.3. The van der Waals surface area contributed by atoms with Gasteiger partial charge in [0.1, 0.15) is 18.5 Å². The van der Waals surface area contributed by atoms with Crippen molar-refractivity contribution >= 4 is 11.6 Å². The monoisotopic (exact) mass is 357 g/mol. The van der Waals surface area contributed by atoms with E-state index >= 15 is 0 Å². The van der Waals surface area contributed by atoms with Gasteiger partial charge in [-0.05, 0) is 57.2 Å². The van der Waals surface area contributed by atoms with Gasteiger partial charge >= 0.3 is 0 Å². The van der Waals surface area contributed by atoms with Gasteiger partial charge in [0.25, 0.3) is 0 Å². The number of nitrogens with one attached hydrogen (secondary N) is 1. The van der Waals surface area contributed by atoms with E-state index in [1.165, 1.54) is 0 Å². The van der Waals surface area contributed by atoms with Crippen LogP contribution in [0.3, 0.4) is 0 Å². The van der Waals surface area contributed by atoms with Gasteiger partial charge in [0.15, 0.2) is 0 Å². The summed E-state index contributed by atoms with van der Waals surface area (Å²) in [5.41, 5.74) is 1.63. The molecule has 2 N–H and O–H groups in total. The summed E-state index contributed by atoms with van der Waals surface area (Å²) in [6, 6.07) is 14.9. The molecule has 2 aromatic rings. The minimum Gasteiger partial charge on any atom is -0.490 e. The molecule has 0 heterocycles. The molecular weight excluding hydrogens is 334 g/mol. The van der Waals surface area contributed by atoms with Gasteiger partial charge < -0.3 is 15.2 Å². The molecule has 0 aromatic heterocycles. The van der Waals surface area contributed by atoms with Gasteiger partial charge in [-0.15, -0.1) is 0 Å². The van der Waals surface area contributed by atoms with Crippen molar-refractivity contribution in [3.8, 4) is 17.6 Å². The summed E-state index contributed by atoms with van der Waals surface area (Å²) in [4.78, 5) is 0. The molecule has 1 atom stereocenters. The first-order valence-corrected chi connectivity index (χ1v) is 8.64. The molecule has 0 aliphatic rings. The topological polar surface area (TPSA) is 41.5 Å². The summed E-state index contributed by atoms with van der Waals surface area (Å²) in [7, 11) is 0. The molecule has 1 unspecified atom stereocenters. The van der Waals surface area contributed by atoms with E-state index < -0.39 is 6.10 Å². The van der Waals surface area contributed by atoms with Crippen molar-refractivity contribution in [1.29, 1.82) is 0 Å². The lowest BCUT2D eigenvalue weighted by Gasteiger charge is -2.23. The standard InChI is InChI=1S/C21H24ClNO2/c1-21(2,3)23-14-19(24)15-25-20-7-5-4-6-17(20)11-8-16-9-12-18(22)13-10-16/h4-7,9-10,12-13,19,23-24H,14-15H2,1-3H3. The molecule has 0 bridgehead atoms. The van der Waals surface area contributed by atoms with Gasteiger partial charge in [0.2, 0.25) is 0 Å². The van der Waals surface area contributed by atoms with Crippen molar-refractivity contribution in [2.24, 2.45) is 0 Å². The minimum absolute atomic E-state index is 0.0387. The third kappa shape index (κ3) is 7.19. The average Bonchev–Trinajstić information content (AvgIpc) is 2.58. The van der Waals surface area contributed by atoms with Gasteiger partial charge in [0.05, 0.1) is 5.56 Å². The number of β-amino-alcohol motifs (C(OH)–C–C–N with tert-alkyl or cyclic N) is 1.